The number of hydrazone groups is 1. The lowest BCUT2D eigenvalue weighted by Gasteiger charge is -2.46. The number of allylic oxidation sites excluding steroid dienone is 1. The first-order valence-corrected chi connectivity index (χ1v) is 9.86. The Morgan fingerprint density at radius 3 is 2.42 bits per heavy atom. The van der Waals surface area contributed by atoms with Crippen LogP contribution in [0.4, 0.5) is 22.7 Å². The molecular formula is C22H25N5O4. The molecule has 0 bridgehead atoms. The second kappa shape index (κ2) is 8.17. The van der Waals surface area contributed by atoms with Gasteiger partial charge >= 0.3 is 5.69 Å². The quantitative estimate of drug-likeness (QED) is 0.380. The van der Waals surface area contributed by atoms with E-state index in [1.165, 1.54) is 17.7 Å². The molecule has 0 radical (unpaired) electrons. The molecule has 31 heavy (non-hydrogen) atoms. The van der Waals surface area contributed by atoms with Gasteiger partial charge in [0.15, 0.2) is 0 Å². The van der Waals surface area contributed by atoms with E-state index < -0.39 is 15.5 Å². The third-order valence-corrected chi connectivity index (χ3v) is 5.20. The molecule has 0 saturated heterocycles. The lowest BCUT2D eigenvalue weighted by molar-refractivity contribution is -0.393. The summed E-state index contributed by atoms with van der Waals surface area (Å²) < 4.78 is 0. The van der Waals surface area contributed by atoms with Gasteiger partial charge < -0.3 is 4.90 Å². The fourth-order valence-corrected chi connectivity index (χ4v) is 4.15. The van der Waals surface area contributed by atoms with Crippen molar-refractivity contribution in [1.82, 2.24) is 0 Å². The van der Waals surface area contributed by atoms with Crippen molar-refractivity contribution in [3.8, 4) is 0 Å². The van der Waals surface area contributed by atoms with Crippen LogP contribution in [0.2, 0.25) is 0 Å². The van der Waals surface area contributed by atoms with Crippen molar-refractivity contribution in [1.29, 1.82) is 0 Å². The van der Waals surface area contributed by atoms with E-state index in [0.717, 1.165) is 22.9 Å². The average molecular weight is 423 g/mol. The summed E-state index contributed by atoms with van der Waals surface area (Å²) in [5.41, 5.74) is 6.09. The summed E-state index contributed by atoms with van der Waals surface area (Å²) in [4.78, 5) is 23.1. The van der Waals surface area contributed by atoms with E-state index >= 15 is 0 Å². The number of benzene rings is 2. The van der Waals surface area contributed by atoms with E-state index in [1.807, 2.05) is 12.1 Å². The minimum Gasteiger partial charge on any atom is -0.360 e. The zero-order chi connectivity index (χ0) is 22.9. The number of nitrogens with zero attached hydrogens (tertiary/aromatic N) is 4. The van der Waals surface area contributed by atoms with Crippen molar-refractivity contribution < 1.29 is 9.85 Å². The highest BCUT2D eigenvalue weighted by Crippen LogP contribution is 2.40. The van der Waals surface area contributed by atoms with Crippen LogP contribution in [-0.2, 0) is 0 Å². The van der Waals surface area contributed by atoms with Crippen LogP contribution >= 0.6 is 0 Å². The van der Waals surface area contributed by atoms with Crippen molar-refractivity contribution >= 4 is 34.5 Å². The van der Waals surface area contributed by atoms with Crippen LogP contribution < -0.4 is 10.3 Å². The lowest BCUT2D eigenvalue weighted by Crippen LogP contribution is -2.49. The third-order valence-electron chi connectivity index (χ3n) is 5.20. The van der Waals surface area contributed by atoms with Gasteiger partial charge in [0.05, 0.1) is 27.7 Å². The highest BCUT2D eigenvalue weighted by molar-refractivity contribution is 5.88. The Hall–Kier alpha value is -3.75. The number of non-ortho nitro benzene ring substituents is 1. The van der Waals surface area contributed by atoms with E-state index in [9.17, 15) is 20.2 Å². The Kier molecular flexibility index (Phi) is 5.79. The molecule has 1 aliphatic heterocycles. The fourth-order valence-electron chi connectivity index (χ4n) is 4.15. The monoisotopic (exact) mass is 423 g/mol. The smallest absolute Gasteiger partial charge is 0.301 e. The topological polar surface area (TPSA) is 114 Å². The van der Waals surface area contributed by atoms with Crippen LogP contribution in [0, 0.1) is 20.2 Å². The van der Waals surface area contributed by atoms with Gasteiger partial charge in [0.1, 0.15) is 5.69 Å². The maximum atomic E-state index is 11.2. The second-order valence-electron chi connectivity index (χ2n) is 8.31. The Balaban J connectivity index is 1.88. The molecule has 2 aromatic rings. The molecule has 1 N–H and O–H groups in total. The van der Waals surface area contributed by atoms with Gasteiger partial charge in [-0.1, -0.05) is 12.1 Å². The summed E-state index contributed by atoms with van der Waals surface area (Å²) in [5, 5.41) is 26.2. The van der Waals surface area contributed by atoms with Crippen molar-refractivity contribution in [2.75, 3.05) is 10.3 Å². The van der Waals surface area contributed by atoms with Crippen LogP contribution in [0.5, 0.6) is 0 Å². The molecule has 0 spiro atoms. The molecule has 9 nitrogen and oxygen atoms in total. The Morgan fingerprint density at radius 1 is 1.10 bits per heavy atom. The van der Waals surface area contributed by atoms with Gasteiger partial charge in [0.2, 0.25) is 0 Å². The van der Waals surface area contributed by atoms with E-state index in [-0.39, 0.29) is 16.9 Å². The van der Waals surface area contributed by atoms with E-state index in [1.54, 1.807) is 6.21 Å². The first-order chi connectivity index (χ1) is 14.5. The second-order valence-corrected chi connectivity index (χ2v) is 8.31. The molecule has 9 heteroatoms. The van der Waals surface area contributed by atoms with Crippen molar-refractivity contribution in [3.63, 3.8) is 0 Å². The molecule has 1 aliphatic rings. The standard InChI is InChI=1S/C22H25N5O4/c1-14(2)25-20-9-6-16(10-18(20)15(3)12-22(25,4)5)13-23-24-19-8-7-17(26(28)29)11-21(19)27(30)31/h6-14,24H,1-5H3/b23-13-. The number of hydrogen-bond acceptors (Lipinski definition) is 7. The number of nitrogens with one attached hydrogen (secondary N) is 1. The first-order valence-electron chi connectivity index (χ1n) is 9.86. The van der Waals surface area contributed by atoms with E-state index in [4.69, 9.17) is 0 Å². The molecule has 2 aromatic carbocycles. The van der Waals surface area contributed by atoms with Crippen molar-refractivity contribution in [3.05, 3.63) is 73.8 Å². The maximum absolute atomic E-state index is 11.2. The predicted molar refractivity (Wildman–Crippen MR) is 123 cm³/mol. The molecule has 0 fully saturated rings. The van der Waals surface area contributed by atoms with Crippen molar-refractivity contribution in [2.45, 2.75) is 46.2 Å². The predicted octanol–water partition coefficient (Wildman–Crippen LogP) is 5.36. The molecule has 3 rings (SSSR count). The van der Waals surface area contributed by atoms with Crippen LogP contribution in [-0.4, -0.2) is 27.6 Å². The minimum absolute atomic E-state index is 0.0774. The van der Waals surface area contributed by atoms with Crippen LogP contribution in [0.25, 0.3) is 5.57 Å². The summed E-state index contributed by atoms with van der Waals surface area (Å²) in [6.07, 6.45) is 3.81. The van der Waals surface area contributed by atoms with Gasteiger partial charge in [-0.15, -0.1) is 0 Å². The number of fused-ring (bicyclic) bond motifs is 1. The van der Waals surface area contributed by atoms with Gasteiger partial charge in [0, 0.05) is 23.4 Å². The highest BCUT2D eigenvalue weighted by atomic mass is 16.6. The Bertz CT molecular complexity index is 1110. The molecule has 1 heterocycles. The number of nitro groups is 2. The molecule has 0 amide bonds. The van der Waals surface area contributed by atoms with Crippen LogP contribution in [0.3, 0.4) is 0 Å². The zero-order valence-corrected chi connectivity index (χ0v) is 18.1. The highest BCUT2D eigenvalue weighted by Gasteiger charge is 2.32. The van der Waals surface area contributed by atoms with E-state index in [0.29, 0.717) is 6.04 Å². The van der Waals surface area contributed by atoms with E-state index in [2.05, 4.69) is 62.2 Å². The largest absolute Gasteiger partial charge is 0.360 e. The SMILES string of the molecule is CC1=CC(C)(C)N(C(C)C)c2ccc(/C=N\Nc3ccc([N+](=O)[O-])cc3[N+](=O)[O-])cc21. The summed E-state index contributed by atoms with van der Waals surface area (Å²) in [7, 11) is 0. The molecular weight excluding hydrogens is 398 g/mol. The van der Waals surface area contributed by atoms with Crippen molar-refractivity contribution in [2.24, 2.45) is 5.10 Å². The summed E-state index contributed by atoms with van der Waals surface area (Å²) in [6.45, 7) is 10.8. The third kappa shape index (κ3) is 4.40. The maximum Gasteiger partial charge on any atom is 0.301 e. The number of anilines is 2. The lowest BCUT2D eigenvalue weighted by atomic mass is 9.87. The van der Waals surface area contributed by atoms with Gasteiger partial charge in [-0.2, -0.15) is 5.10 Å². The number of rotatable bonds is 6. The first kappa shape index (κ1) is 21.9. The Labute approximate surface area is 180 Å². The summed E-state index contributed by atoms with van der Waals surface area (Å²) in [5.74, 6) is 0. The van der Waals surface area contributed by atoms with Crippen LogP contribution in [0.1, 0.15) is 45.7 Å². The zero-order valence-electron chi connectivity index (χ0n) is 18.1. The van der Waals surface area contributed by atoms with Gasteiger partial charge in [-0.25, -0.2) is 0 Å². The van der Waals surface area contributed by atoms with Gasteiger partial charge in [-0.3, -0.25) is 25.7 Å². The molecule has 162 valence electrons. The van der Waals surface area contributed by atoms with Crippen LogP contribution in [0.15, 0.2) is 47.6 Å². The molecule has 0 saturated carbocycles. The fraction of sp³-hybridized carbons (Fsp3) is 0.318. The Morgan fingerprint density at radius 2 is 1.81 bits per heavy atom. The van der Waals surface area contributed by atoms with Gasteiger partial charge in [-0.05, 0) is 64.0 Å². The minimum atomic E-state index is -0.680. The summed E-state index contributed by atoms with van der Waals surface area (Å²) in [6, 6.07) is 9.73. The molecule has 0 aromatic heterocycles. The molecule has 0 atom stereocenters. The average Bonchev–Trinajstić information content (AvgIpc) is 2.67. The molecule has 0 aliphatic carbocycles. The molecule has 0 unspecified atom stereocenters. The normalized spacial score (nSPS) is 15.0. The van der Waals surface area contributed by atoms with Gasteiger partial charge in [0.25, 0.3) is 5.69 Å². The summed E-state index contributed by atoms with van der Waals surface area (Å²) >= 11 is 0. The number of hydrogen-bond donors (Lipinski definition) is 1. The number of nitro benzene ring substituents is 2.